The number of aromatic nitrogens is 3. The molecule has 0 aliphatic rings. The van der Waals surface area contributed by atoms with Gasteiger partial charge in [-0.1, -0.05) is 59.2 Å². The Kier molecular flexibility index (Phi) is 4.19. The lowest BCUT2D eigenvalue weighted by molar-refractivity contribution is -0.664. The third-order valence-corrected chi connectivity index (χ3v) is 4.72. The summed E-state index contributed by atoms with van der Waals surface area (Å²) in [7, 11) is 0. The third kappa shape index (κ3) is 3.12. The minimum Gasteiger partial charge on any atom is -0.692 e. The third-order valence-electron chi connectivity index (χ3n) is 4.48. The molecule has 0 saturated carbocycles. The predicted molar refractivity (Wildman–Crippen MR) is 104 cm³/mol. The predicted octanol–water partition coefficient (Wildman–Crippen LogP) is 4.61. The van der Waals surface area contributed by atoms with Crippen LogP contribution >= 0.6 is 11.6 Å². The van der Waals surface area contributed by atoms with Gasteiger partial charge in [0.05, 0.1) is 5.10 Å². The molecular weight excluding hydrogens is 350 g/mol. The van der Waals surface area contributed by atoms with Gasteiger partial charge in [0.2, 0.25) is 11.0 Å². The van der Waals surface area contributed by atoms with Gasteiger partial charge in [0.25, 0.3) is 0 Å². The van der Waals surface area contributed by atoms with E-state index in [1.165, 1.54) is 4.80 Å². The quantitative estimate of drug-likeness (QED) is 0.500. The van der Waals surface area contributed by atoms with Gasteiger partial charge in [-0.25, -0.2) is 0 Å². The van der Waals surface area contributed by atoms with Crippen molar-refractivity contribution in [2.75, 3.05) is 0 Å². The van der Waals surface area contributed by atoms with Crippen molar-refractivity contribution >= 4 is 22.6 Å². The summed E-state index contributed by atoms with van der Waals surface area (Å²) in [6.07, 6.45) is 0. The maximum Gasteiger partial charge on any atom is 0.250 e. The van der Waals surface area contributed by atoms with E-state index in [1.807, 2.05) is 26.8 Å². The molecule has 6 heteroatoms. The number of rotatable bonds is 1. The highest BCUT2D eigenvalue weighted by molar-refractivity contribution is 6.31. The second kappa shape index (κ2) is 5.88. The summed E-state index contributed by atoms with van der Waals surface area (Å²) in [5.41, 5.74) is 2.70. The summed E-state index contributed by atoms with van der Waals surface area (Å²) in [4.78, 5) is 1.88. The van der Waals surface area contributed by atoms with Gasteiger partial charge in [-0.3, -0.25) is 0 Å². The second-order valence-electron chi connectivity index (χ2n) is 8.69. The van der Waals surface area contributed by atoms with Gasteiger partial charge in [0.15, 0.2) is 5.69 Å². The molecule has 0 amide bonds. The maximum atomic E-state index is 12.8. The Morgan fingerprint density at radius 1 is 1.04 bits per heavy atom. The van der Waals surface area contributed by atoms with E-state index in [0.717, 1.165) is 11.1 Å². The van der Waals surface area contributed by atoms with E-state index in [2.05, 4.69) is 25.9 Å². The lowest BCUT2D eigenvalue weighted by Crippen LogP contribution is -2.38. The first-order chi connectivity index (χ1) is 11.9. The lowest BCUT2D eigenvalue weighted by Gasteiger charge is -2.27. The molecule has 0 aliphatic heterocycles. The Morgan fingerprint density at radius 2 is 1.69 bits per heavy atom. The van der Waals surface area contributed by atoms with E-state index in [0.29, 0.717) is 26.6 Å². The molecule has 1 aromatic heterocycles. The molecule has 5 nitrogen and oxygen atoms in total. The summed E-state index contributed by atoms with van der Waals surface area (Å²) < 4.78 is 0. The van der Waals surface area contributed by atoms with Crippen LogP contribution in [0.15, 0.2) is 30.3 Å². The number of hydrogen-bond acceptors (Lipinski definition) is 3. The molecule has 0 radical (unpaired) electrons. The second-order valence-corrected chi connectivity index (χ2v) is 9.12. The van der Waals surface area contributed by atoms with Gasteiger partial charge >= 0.3 is 0 Å². The standard InChI is InChI=1S/C20H24ClN3O2/c1-19(2,3)12-9-14(20(4,5)6)18(17(25)10-12)23-22-15-8-7-13(21)11-16(15)24(23)26/h7-11,25H,1-6H3. The summed E-state index contributed by atoms with van der Waals surface area (Å²) in [6, 6.07) is 8.72. The Bertz CT molecular complexity index is 995. The molecule has 1 N–H and O–H groups in total. The van der Waals surface area contributed by atoms with E-state index in [9.17, 15) is 10.3 Å². The summed E-state index contributed by atoms with van der Waals surface area (Å²) in [6.45, 7) is 12.4. The SMILES string of the molecule is CC(C)(C)c1cc(O)c(-n2nc3ccc(Cl)cc3[n+]2[O-])c(C(C)(C)C)c1. The molecule has 2 aromatic carbocycles. The molecule has 0 bridgehead atoms. The van der Waals surface area contributed by atoms with Crippen molar-refractivity contribution in [2.24, 2.45) is 0 Å². The van der Waals surface area contributed by atoms with Crippen LogP contribution in [-0.2, 0) is 10.8 Å². The number of phenols is 1. The average Bonchev–Trinajstić information content (AvgIpc) is 2.81. The number of halogens is 1. The van der Waals surface area contributed by atoms with Crippen molar-refractivity contribution in [1.82, 2.24) is 9.90 Å². The van der Waals surface area contributed by atoms with Crippen LogP contribution in [0.5, 0.6) is 5.75 Å². The van der Waals surface area contributed by atoms with Gasteiger partial charge in [-0.05, 0) is 45.0 Å². The molecule has 0 saturated heterocycles. The molecule has 0 aliphatic carbocycles. The molecule has 0 atom stereocenters. The fourth-order valence-corrected chi connectivity index (χ4v) is 3.12. The number of nitrogens with zero attached hydrogens (tertiary/aromatic N) is 3. The maximum absolute atomic E-state index is 12.8. The number of benzene rings is 2. The molecular formula is C20H24ClN3O2. The van der Waals surface area contributed by atoms with Crippen LogP contribution in [-0.4, -0.2) is 15.0 Å². The van der Waals surface area contributed by atoms with Crippen LogP contribution in [0.2, 0.25) is 5.02 Å². The zero-order chi connectivity index (χ0) is 19.4. The summed E-state index contributed by atoms with van der Waals surface area (Å²) in [5.74, 6) is 0.0332. The minimum absolute atomic E-state index is 0.0332. The van der Waals surface area contributed by atoms with E-state index in [4.69, 9.17) is 11.6 Å². The van der Waals surface area contributed by atoms with Crippen LogP contribution in [0.3, 0.4) is 0 Å². The molecule has 0 spiro atoms. The Labute approximate surface area is 158 Å². The van der Waals surface area contributed by atoms with Crippen LogP contribution in [0.4, 0.5) is 0 Å². The highest BCUT2D eigenvalue weighted by Gasteiger charge is 2.30. The molecule has 138 valence electrons. The normalized spacial score (nSPS) is 12.7. The fourth-order valence-electron chi connectivity index (χ4n) is 2.95. The first-order valence-corrected chi connectivity index (χ1v) is 8.94. The van der Waals surface area contributed by atoms with E-state index < -0.39 is 0 Å². The van der Waals surface area contributed by atoms with Crippen molar-refractivity contribution in [3.63, 3.8) is 0 Å². The van der Waals surface area contributed by atoms with Crippen LogP contribution < -0.4 is 4.85 Å². The van der Waals surface area contributed by atoms with Gasteiger partial charge in [-0.2, -0.15) is 0 Å². The van der Waals surface area contributed by atoms with Crippen molar-refractivity contribution in [2.45, 2.75) is 52.4 Å². The summed E-state index contributed by atoms with van der Waals surface area (Å²) >= 11 is 6.01. The number of aromatic hydroxyl groups is 1. The van der Waals surface area contributed by atoms with E-state index in [1.54, 1.807) is 24.3 Å². The number of phenolic OH excluding ortho intramolecular Hbond substituents is 1. The van der Waals surface area contributed by atoms with Crippen molar-refractivity contribution in [1.29, 1.82) is 0 Å². The Hall–Kier alpha value is -2.27. The molecule has 3 aromatic rings. The monoisotopic (exact) mass is 373 g/mol. The van der Waals surface area contributed by atoms with Crippen LogP contribution in [0.1, 0.15) is 52.7 Å². The molecule has 26 heavy (non-hydrogen) atoms. The van der Waals surface area contributed by atoms with Gasteiger partial charge in [-0.15, -0.1) is 4.85 Å². The van der Waals surface area contributed by atoms with Gasteiger partial charge in [0, 0.05) is 11.1 Å². The zero-order valence-electron chi connectivity index (χ0n) is 16.0. The Morgan fingerprint density at radius 3 is 2.27 bits per heavy atom. The number of hydrogen-bond donors (Lipinski definition) is 1. The van der Waals surface area contributed by atoms with E-state index in [-0.39, 0.29) is 16.6 Å². The molecule has 1 heterocycles. The fraction of sp³-hybridized carbons (Fsp3) is 0.400. The average molecular weight is 374 g/mol. The molecule has 0 unspecified atom stereocenters. The van der Waals surface area contributed by atoms with Gasteiger partial charge < -0.3 is 10.3 Å². The van der Waals surface area contributed by atoms with Crippen molar-refractivity contribution < 1.29 is 9.95 Å². The van der Waals surface area contributed by atoms with Crippen LogP contribution in [0.25, 0.3) is 16.7 Å². The van der Waals surface area contributed by atoms with E-state index >= 15 is 0 Å². The number of fused-ring (bicyclic) bond motifs is 1. The zero-order valence-corrected chi connectivity index (χ0v) is 16.7. The smallest absolute Gasteiger partial charge is 0.250 e. The highest BCUT2D eigenvalue weighted by atomic mass is 35.5. The topological polar surface area (TPSA) is 65.0 Å². The summed E-state index contributed by atoms with van der Waals surface area (Å²) in [5, 5.41) is 28.5. The first kappa shape index (κ1) is 18.5. The first-order valence-electron chi connectivity index (χ1n) is 8.56. The van der Waals surface area contributed by atoms with Crippen LogP contribution in [0, 0.1) is 5.21 Å². The van der Waals surface area contributed by atoms with Crippen molar-refractivity contribution in [3.8, 4) is 11.4 Å². The largest absolute Gasteiger partial charge is 0.692 e. The highest BCUT2D eigenvalue weighted by Crippen LogP contribution is 2.38. The molecule has 0 fully saturated rings. The molecule has 3 rings (SSSR count). The van der Waals surface area contributed by atoms with Crippen molar-refractivity contribution in [3.05, 3.63) is 51.7 Å². The van der Waals surface area contributed by atoms with Gasteiger partial charge in [0.1, 0.15) is 5.75 Å². The minimum atomic E-state index is -0.295. The lowest BCUT2D eigenvalue weighted by atomic mass is 9.79. The Balaban J connectivity index is 2.37.